The Morgan fingerprint density at radius 3 is 2.66 bits per heavy atom. The second kappa shape index (κ2) is 8.37. The first-order chi connectivity index (χ1) is 15.8. The van der Waals surface area contributed by atoms with Crippen LogP contribution in [0.3, 0.4) is 0 Å². The van der Waals surface area contributed by atoms with Gasteiger partial charge in [0.1, 0.15) is 0 Å². The van der Waals surface area contributed by atoms with Crippen molar-refractivity contribution in [2.45, 2.75) is 51.2 Å². The van der Waals surface area contributed by atoms with Crippen molar-refractivity contribution in [1.29, 1.82) is 0 Å². The highest BCUT2D eigenvalue weighted by atomic mass is 32.1. The average Bonchev–Trinajstić information content (AvgIpc) is 3.44. The number of aromatic nitrogens is 3. The SMILES string of the molecule is S=c1n(CN2CCC[C@H]3CCCC[C@H]32)nc(-c2ccc3c(c2)OCO3)n1-c1ccccc1. The molecule has 3 aliphatic rings. The minimum atomic E-state index is 0.260. The molecule has 7 heteroatoms. The molecule has 32 heavy (non-hydrogen) atoms. The Morgan fingerprint density at radius 2 is 1.75 bits per heavy atom. The lowest BCUT2D eigenvalue weighted by atomic mass is 9.78. The number of ether oxygens (including phenoxy) is 2. The molecule has 2 atom stereocenters. The first-order valence-electron chi connectivity index (χ1n) is 11.7. The Morgan fingerprint density at radius 1 is 0.938 bits per heavy atom. The van der Waals surface area contributed by atoms with Crippen LogP contribution in [0.1, 0.15) is 38.5 Å². The molecule has 6 nitrogen and oxygen atoms in total. The highest BCUT2D eigenvalue weighted by Gasteiger charge is 2.33. The molecule has 1 saturated carbocycles. The first-order valence-corrected chi connectivity index (χ1v) is 12.1. The van der Waals surface area contributed by atoms with Gasteiger partial charge in [-0.25, -0.2) is 4.68 Å². The Hall–Kier alpha value is -2.64. The summed E-state index contributed by atoms with van der Waals surface area (Å²) in [5.41, 5.74) is 1.99. The van der Waals surface area contributed by atoms with E-state index in [1.165, 1.54) is 38.5 Å². The van der Waals surface area contributed by atoms with E-state index in [0.29, 0.717) is 6.04 Å². The second-order valence-electron chi connectivity index (χ2n) is 9.05. The van der Waals surface area contributed by atoms with Crippen LogP contribution in [0.25, 0.3) is 17.1 Å². The van der Waals surface area contributed by atoms with Crippen molar-refractivity contribution in [3.05, 3.63) is 53.3 Å². The van der Waals surface area contributed by atoms with E-state index < -0.39 is 0 Å². The van der Waals surface area contributed by atoms with Gasteiger partial charge in [0.25, 0.3) is 0 Å². The van der Waals surface area contributed by atoms with E-state index in [1.807, 2.05) is 41.1 Å². The molecule has 1 saturated heterocycles. The Bertz CT molecular complexity index is 1170. The van der Waals surface area contributed by atoms with Crippen LogP contribution in [0.4, 0.5) is 0 Å². The van der Waals surface area contributed by atoms with Crippen LogP contribution in [-0.4, -0.2) is 38.6 Å². The third-order valence-corrected chi connectivity index (χ3v) is 7.55. The molecule has 0 N–H and O–H groups in total. The summed E-state index contributed by atoms with van der Waals surface area (Å²) in [7, 11) is 0. The number of hydrogen-bond acceptors (Lipinski definition) is 5. The lowest BCUT2D eigenvalue weighted by Crippen LogP contribution is -2.47. The molecule has 2 fully saturated rings. The van der Waals surface area contributed by atoms with Crippen molar-refractivity contribution in [2.24, 2.45) is 5.92 Å². The minimum Gasteiger partial charge on any atom is -0.454 e. The van der Waals surface area contributed by atoms with E-state index in [-0.39, 0.29) is 6.79 Å². The molecular formula is C25H28N4O2S. The summed E-state index contributed by atoms with van der Waals surface area (Å²) in [5.74, 6) is 3.19. The van der Waals surface area contributed by atoms with E-state index in [0.717, 1.165) is 52.5 Å². The van der Waals surface area contributed by atoms with Gasteiger partial charge in [0.2, 0.25) is 11.6 Å². The summed E-state index contributed by atoms with van der Waals surface area (Å²) in [6.07, 6.45) is 8.02. The number of likely N-dealkylation sites (tertiary alicyclic amines) is 1. The van der Waals surface area contributed by atoms with Crippen LogP contribution >= 0.6 is 12.2 Å². The lowest BCUT2D eigenvalue weighted by molar-refractivity contribution is 0.0324. The van der Waals surface area contributed by atoms with Gasteiger partial charge in [-0.15, -0.1) is 5.10 Å². The molecule has 3 heterocycles. The second-order valence-corrected chi connectivity index (χ2v) is 9.42. The number of nitrogens with zero attached hydrogens (tertiary/aromatic N) is 4. The molecule has 1 aliphatic carbocycles. The van der Waals surface area contributed by atoms with Crippen LogP contribution < -0.4 is 9.47 Å². The fraction of sp³-hybridized carbons (Fsp3) is 0.440. The highest BCUT2D eigenvalue weighted by Crippen LogP contribution is 2.37. The van der Waals surface area contributed by atoms with Gasteiger partial charge >= 0.3 is 0 Å². The van der Waals surface area contributed by atoms with Gasteiger partial charge in [0.15, 0.2) is 17.3 Å². The van der Waals surface area contributed by atoms with Crippen molar-refractivity contribution in [3.63, 3.8) is 0 Å². The van der Waals surface area contributed by atoms with Crippen molar-refractivity contribution < 1.29 is 9.47 Å². The predicted molar refractivity (Wildman–Crippen MR) is 126 cm³/mol. The average molecular weight is 449 g/mol. The van der Waals surface area contributed by atoms with Crippen LogP contribution in [-0.2, 0) is 6.67 Å². The van der Waals surface area contributed by atoms with E-state index in [4.69, 9.17) is 26.8 Å². The predicted octanol–water partition coefficient (Wildman–Crippen LogP) is 5.41. The van der Waals surface area contributed by atoms with Gasteiger partial charge in [0, 0.05) is 23.8 Å². The molecule has 0 amide bonds. The molecule has 166 valence electrons. The van der Waals surface area contributed by atoms with Crippen molar-refractivity contribution >= 4 is 12.2 Å². The van der Waals surface area contributed by atoms with Gasteiger partial charge in [0.05, 0.1) is 6.67 Å². The minimum absolute atomic E-state index is 0.260. The van der Waals surface area contributed by atoms with Gasteiger partial charge in [-0.2, -0.15) is 0 Å². The maximum absolute atomic E-state index is 5.99. The van der Waals surface area contributed by atoms with Gasteiger partial charge < -0.3 is 9.47 Å². The maximum Gasteiger partial charge on any atom is 0.231 e. The molecule has 2 aliphatic heterocycles. The maximum atomic E-state index is 5.99. The van der Waals surface area contributed by atoms with Gasteiger partial charge in [-0.05, 0) is 74.2 Å². The fourth-order valence-electron chi connectivity index (χ4n) is 5.61. The standard InChI is InChI=1S/C25H28N4O2S/c32-25-28(16-27-14-6-8-18-7-4-5-11-21(18)27)26-24(29(25)20-9-2-1-3-10-20)19-12-13-22-23(15-19)31-17-30-22/h1-3,9-10,12-13,15,18,21H,4-8,11,14,16-17H2/t18-,21-/m1/s1. The first kappa shape index (κ1) is 20.0. The number of para-hydroxylation sites is 1. The molecule has 0 bridgehead atoms. The number of piperidine rings is 1. The van der Waals surface area contributed by atoms with Crippen molar-refractivity contribution in [1.82, 2.24) is 19.2 Å². The van der Waals surface area contributed by atoms with E-state index >= 15 is 0 Å². The summed E-state index contributed by atoms with van der Waals surface area (Å²) in [6, 6.07) is 16.9. The molecule has 6 rings (SSSR count). The molecule has 1 aromatic heterocycles. The molecule has 3 aromatic rings. The number of hydrogen-bond donors (Lipinski definition) is 0. The molecule has 0 spiro atoms. The normalized spacial score (nSPS) is 22.6. The summed E-state index contributed by atoms with van der Waals surface area (Å²) in [5, 5.41) is 5.05. The zero-order valence-electron chi connectivity index (χ0n) is 18.2. The highest BCUT2D eigenvalue weighted by molar-refractivity contribution is 7.71. The third kappa shape index (κ3) is 3.53. The topological polar surface area (TPSA) is 44.5 Å². The summed E-state index contributed by atoms with van der Waals surface area (Å²) in [6.45, 7) is 2.13. The molecule has 2 aromatic carbocycles. The van der Waals surface area contributed by atoms with Crippen LogP contribution in [0.5, 0.6) is 11.5 Å². The quantitative estimate of drug-likeness (QED) is 0.499. The molecule has 0 unspecified atom stereocenters. The van der Waals surface area contributed by atoms with E-state index in [1.54, 1.807) is 0 Å². The Labute approximate surface area is 193 Å². The van der Waals surface area contributed by atoms with E-state index in [2.05, 4.69) is 21.6 Å². The van der Waals surface area contributed by atoms with E-state index in [9.17, 15) is 0 Å². The monoisotopic (exact) mass is 448 g/mol. The van der Waals surface area contributed by atoms with Crippen LogP contribution in [0, 0.1) is 10.7 Å². The van der Waals surface area contributed by atoms with Crippen LogP contribution in [0.15, 0.2) is 48.5 Å². The third-order valence-electron chi connectivity index (χ3n) is 7.16. The number of fused-ring (bicyclic) bond motifs is 2. The largest absolute Gasteiger partial charge is 0.454 e. The summed E-state index contributed by atoms with van der Waals surface area (Å²) < 4.78 is 15.9. The zero-order chi connectivity index (χ0) is 21.5. The fourth-order valence-corrected chi connectivity index (χ4v) is 5.90. The lowest BCUT2D eigenvalue weighted by Gasteiger charge is -2.43. The summed E-state index contributed by atoms with van der Waals surface area (Å²) in [4.78, 5) is 2.62. The summed E-state index contributed by atoms with van der Waals surface area (Å²) >= 11 is 5.99. The van der Waals surface area contributed by atoms with Crippen LogP contribution in [0.2, 0.25) is 0 Å². The zero-order valence-corrected chi connectivity index (χ0v) is 19.0. The Kier molecular flexibility index (Phi) is 5.23. The molecule has 0 radical (unpaired) electrons. The number of benzene rings is 2. The Balaban J connectivity index is 1.41. The van der Waals surface area contributed by atoms with Crippen molar-refractivity contribution in [2.75, 3.05) is 13.3 Å². The smallest absolute Gasteiger partial charge is 0.231 e. The van der Waals surface area contributed by atoms with Gasteiger partial charge in [-0.3, -0.25) is 9.47 Å². The number of rotatable bonds is 4. The van der Waals surface area contributed by atoms with Gasteiger partial charge in [-0.1, -0.05) is 31.0 Å². The van der Waals surface area contributed by atoms with Crippen molar-refractivity contribution in [3.8, 4) is 28.6 Å². The molecular weight excluding hydrogens is 420 g/mol.